The Kier molecular flexibility index (Phi) is 5.81. The molecule has 30 heavy (non-hydrogen) atoms. The van der Waals surface area contributed by atoms with Crippen LogP contribution in [0.15, 0.2) is 36.7 Å². The first kappa shape index (κ1) is 21.3. The Balaban J connectivity index is 2.01. The molecule has 3 aromatic rings. The molecule has 0 atom stereocenters. The molecular weight excluding hydrogens is 402 g/mol. The minimum absolute atomic E-state index is 0.00280. The van der Waals surface area contributed by atoms with Crippen molar-refractivity contribution in [3.8, 4) is 11.5 Å². The second kappa shape index (κ2) is 8.17. The van der Waals surface area contributed by atoms with Crippen molar-refractivity contribution in [2.24, 2.45) is 5.41 Å². The van der Waals surface area contributed by atoms with Crippen LogP contribution < -0.4 is 10.6 Å². The van der Waals surface area contributed by atoms with E-state index in [1.165, 1.54) is 24.4 Å². The van der Waals surface area contributed by atoms with Gasteiger partial charge in [-0.1, -0.05) is 26.8 Å². The van der Waals surface area contributed by atoms with E-state index in [1.54, 1.807) is 0 Å². The maximum absolute atomic E-state index is 13.4. The van der Waals surface area contributed by atoms with E-state index in [0.29, 0.717) is 6.54 Å². The zero-order valence-electron chi connectivity index (χ0n) is 16.4. The molecule has 0 spiro atoms. The minimum Gasteiger partial charge on any atom is -0.354 e. The molecule has 0 radical (unpaired) electrons. The van der Waals surface area contributed by atoms with Gasteiger partial charge in [-0.3, -0.25) is 4.98 Å². The van der Waals surface area contributed by atoms with Crippen LogP contribution in [0, 0.1) is 11.2 Å². The van der Waals surface area contributed by atoms with Crippen molar-refractivity contribution in [3.63, 3.8) is 0 Å². The van der Waals surface area contributed by atoms with Gasteiger partial charge in [-0.25, -0.2) is 9.37 Å². The molecule has 0 saturated heterocycles. The smallest absolute Gasteiger partial charge is 0.354 e. The Labute approximate surface area is 170 Å². The van der Waals surface area contributed by atoms with Gasteiger partial charge in [0.05, 0.1) is 18.1 Å². The van der Waals surface area contributed by atoms with E-state index < -0.39 is 17.7 Å². The Morgan fingerprint density at radius 1 is 0.933 bits per heavy atom. The monoisotopic (exact) mass is 421 g/mol. The van der Waals surface area contributed by atoms with Crippen molar-refractivity contribution in [2.45, 2.75) is 26.9 Å². The fourth-order valence-electron chi connectivity index (χ4n) is 2.30. The molecule has 3 aromatic heterocycles. The number of pyridine rings is 2. The number of hydrogen-bond acceptors (Lipinski definition) is 7. The maximum Gasteiger partial charge on any atom is 0.433 e. The Bertz CT molecular complexity index is 1030. The summed E-state index contributed by atoms with van der Waals surface area (Å²) < 4.78 is 52.5. The third-order valence-electron chi connectivity index (χ3n) is 3.64. The topological polar surface area (TPSA) is 88.5 Å². The van der Waals surface area contributed by atoms with Gasteiger partial charge in [0, 0.05) is 12.6 Å². The molecule has 3 heterocycles. The predicted octanol–water partition coefficient (Wildman–Crippen LogP) is 4.69. The van der Waals surface area contributed by atoms with Gasteiger partial charge in [0.2, 0.25) is 11.9 Å². The van der Waals surface area contributed by atoms with E-state index in [-0.39, 0.29) is 34.5 Å². The Morgan fingerprint density at radius 2 is 1.67 bits per heavy atom. The summed E-state index contributed by atoms with van der Waals surface area (Å²) in [5.41, 5.74) is -0.979. The fraction of sp³-hybridized carbons (Fsp3) is 0.316. The van der Waals surface area contributed by atoms with Crippen LogP contribution in [0.25, 0.3) is 11.5 Å². The highest BCUT2D eigenvalue weighted by molar-refractivity contribution is 5.58. The van der Waals surface area contributed by atoms with Crippen LogP contribution in [0.3, 0.4) is 0 Å². The number of anilines is 3. The van der Waals surface area contributed by atoms with Gasteiger partial charge in [0.15, 0.2) is 5.82 Å². The molecule has 0 amide bonds. The van der Waals surface area contributed by atoms with E-state index in [4.69, 9.17) is 0 Å². The molecule has 0 fully saturated rings. The summed E-state index contributed by atoms with van der Waals surface area (Å²) >= 11 is 0. The lowest BCUT2D eigenvalue weighted by Gasteiger charge is -2.19. The maximum atomic E-state index is 13.4. The standard InChI is InChI=1S/C19H19F4N7/c1-18(2,3)10-25-16-28-15(13-5-4-6-14(27-13)19(21,22)23)29-17(30-16)26-12-7-11(20)8-24-9-12/h4-9H,10H2,1-3H3,(H2,25,26,28,29,30). The van der Waals surface area contributed by atoms with Crippen molar-refractivity contribution in [1.29, 1.82) is 0 Å². The fourth-order valence-corrected chi connectivity index (χ4v) is 2.30. The molecule has 0 bridgehead atoms. The van der Waals surface area contributed by atoms with E-state index >= 15 is 0 Å². The van der Waals surface area contributed by atoms with Crippen LogP contribution in [0.2, 0.25) is 0 Å². The highest BCUT2D eigenvalue weighted by atomic mass is 19.4. The average molecular weight is 421 g/mol. The summed E-state index contributed by atoms with van der Waals surface area (Å²) in [6, 6.07) is 4.63. The number of nitrogens with zero attached hydrogens (tertiary/aromatic N) is 5. The van der Waals surface area contributed by atoms with E-state index in [1.807, 2.05) is 20.8 Å². The number of alkyl halides is 3. The lowest BCUT2D eigenvalue weighted by atomic mass is 9.97. The largest absolute Gasteiger partial charge is 0.433 e. The predicted molar refractivity (Wildman–Crippen MR) is 103 cm³/mol. The molecular formula is C19H19F4N7. The molecule has 0 aliphatic heterocycles. The highest BCUT2D eigenvalue weighted by Gasteiger charge is 2.32. The third kappa shape index (κ3) is 5.82. The van der Waals surface area contributed by atoms with Gasteiger partial charge in [-0.15, -0.1) is 0 Å². The number of nitrogens with one attached hydrogen (secondary N) is 2. The van der Waals surface area contributed by atoms with Gasteiger partial charge in [-0.2, -0.15) is 28.1 Å². The summed E-state index contributed by atoms with van der Waals surface area (Å²) in [6.45, 7) is 6.48. The van der Waals surface area contributed by atoms with E-state index in [9.17, 15) is 17.6 Å². The molecule has 3 rings (SSSR count). The summed E-state index contributed by atoms with van der Waals surface area (Å²) in [5.74, 6) is -0.497. The molecule has 0 unspecified atom stereocenters. The normalized spacial score (nSPS) is 12.0. The highest BCUT2D eigenvalue weighted by Crippen LogP contribution is 2.29. The lowest BCUT2D eigenvalue weighted by molar-refractivity contribution is -0.141. The minimum atomic E-state index is -4.61. The average Bonchev–Trinajstić information content (AvgIpc) is 2.65. The first-order valence-corrected chi connectivity index (χ1v) is 8.92. The van der Waals surface area contributed by atoms with Gasteiger partial charge < -0.3 is 10.6 Å². The molecule has 0 aliphatic carbocycles. The summed E-state index contributed by atoms with van der Waals surface area (Å²) in [7, 11) is 0. The molecule has 0 aliphatic rings. The van der Waals surface area contributed by atoms with Crippen molar-refractivity contribution in [2.75, 3.05) is 17.2 Å². The summed E-state index contributed by atoms with van der Waals surface area (Å²) in [6.07, 6.45) is -2.21. The zero-order valence-corrected chi connectivity index (χ0v) is 16.4. The van der Waals surface area contributed by atoms with Crippen molar-refractivity contribution < 1.29 is 17.6 Å². The van der Waals surface area contributed by atoms with Crippen LogP contribution in [0.5, 0.6) is 0 Å². The van der Waals surface area contributed by atoms with E-state index in [2.05, 4.69) is 35.6 Å². The Hall–Kier alpha value is -3.37. The second-order valence-corrected chi connectivity index (χ2v) is 7.64. The number of aromatic nitrogens is 5. The third-order valence-corrected chi connectivity index (χ3v) is 3.64. The van der Waals surface area contributed by atoms with Gasteiger partial charge in [0.1, 0.15) is 17.2 Å². The first-order chi connectivity index (χ1) is 14.0. The SMILES string of the molecule is CC(C)(C)CNc1nc(Nc2cncc(F)c2)nc(-c2cccc(C(F)(F)F)n2)n1. The number of halogens is 4. The summed E-state index contributed by atoms with van der Waals surface area (Å²) in [4.78, 5) is 19.9. The number of rotatable bonds is 5. The van der Waals surface area contributed by atoms with Gasteiger partial charge >= 0.3 is 6.18 Å². The van der Waals surface area contributed by atoms with Gasteiger partial charge in [-0.05, 0) is 17.5 Å². The van der Waals surface area contributed by atoms with Crippen LogP contribution >= 0.6 is 0 Å². The number of hydrogen-bond donors (Lipinski definition) is 2. The Morgan fingerprint density at radius 3 is 2.33 bits per heavy atom. The zero-order chi connectivity index (χ0) is 21.9. The van der Waals surface area contributed by atoms with Crippen molar-refractivity contribution in [1.82, 2.24) is 24.9 Å². The first-order valence-electron chi connectivity index (χ1n) is 8.92. The van der Waals surface area contributed by atoms with Gasteiger partial charge in [0.25, 0.3) is 0 Å². The van der Waals surface area contributed by atoms with Crippen molar-refractivity contribution >= 4 is 17.6 Å². The van der Waals surface area contributed by atoms with Crippen LogP contribution in [-0.4, -0.2) is 31.5 Å². The molecule has 158 valence electrons. The molecule has 0 saturated carbocycles. The quantitative estimate of drug-likeness (QED) is 0.578. The second-order valence-electron chi connectivity index (χ2n) is 7.64. The summed E-state index contributed by atoms with van der Waals surface area (Å²) in [5, 5.41) is 5.82. The van der Waals surface area contributed by atoms with Crippen LogP contribution in [0.1, 0.15) is 26.5 Å². The van der Waals surface area contributed by atoms with Crippen molar-refractivity contribution in [3.05, 3.63) is 48.2 Å². The lowest BCUT2D eigenvalue weighted by Crippen LogP contribution is -2.21. The van der Waals surface area contributed by atoms with Crippen LogP contribution in [-0.2, 0) is 6.18 Å². The molecule has 11 heteroatoms. The van der Waals surface area contributed by atoms with E-state index in [0.717, 1.165) is 12.3 Å². The van der Waals surface area contributed by atoms with Crippen LogP contribution in [0.4, 0.5) is 35.1 Å². The molecule has 2 N–H and O–H groups in total. The molecule has 0 aromatic carbocycles. The molecule has 7 nitrogen and oxygen atoms in total.